The molecule has 0 saturated carbocycles. The average Bonchev–Trinajstić information content (AvgIpc) is 2.30. The molecule has 0 aromatic heterocycles. The van der Waals surface area contributed by atoms with Gasteiger partial charge in [0.15, 0.2) is 0 Å². The summed E-state index contributed by atoms with van der Waals surface area (Å²) in [6.45, 7) is 8.96. The van der Waals surface area contributed by atoms with Gasteiger partial charge >= 0.3 is 5.97 Å². The predicted molar refractivity (Wildman–Crippen MR) is 66.8 cm³/mol. The Balaban J connectivity index is 2.39. The third-order valence-corrected chi connectivity index (χ3v) is 2.93. The first-order valence-corrected chi connectivity index (χ1v) is 6.36. The van der Waals surface area contributed by atoms with Gasteiger partial charge in [-0.05, 0) is 20.3 Å². The Morgan fingerprint density at radius 2 is 2.29 bits per heavy atom. The summed E-state index contributed by atoms with van der Waals surface area (Å²) in [6, 6.07) is 0.457. The smallest absolute Gasteiger partial charge is 0.330 e. The number of hydrogen-bond donors (Lipinski definition) is 0. The van der Waals surface area contributed by atoms with Crippen LogP contribution in [0.1, 0.15) is 27.2 Å². The van der Waals surface area contributed by atoms with Crippen LogP contribution in [0.5, 0.6) is 0 Å². The van der Waals surface area contributed by atoms with Gasteiger partial charge < -0.3 is 9.47 Å². The Kier molecular flexibility index (Phi) is 6.22. The normalized spacial score (nSPS) is 26.3. The summed E-state index contributed by atoms with van der Waals surface area (Å²) in [5.74, 6) is -0.262. The van der Waals surface area contributed by atoms with Gasteiger partial charge in [0.25, 0.3) is 0 Å². The molecule has 2 unspecified atom stereocenters. The molecule has 98 valence electrons. The molecule has 0 aromatic rings. The maximum absolute atomic E-state index is 11.1. The molecule has 1 fully saturated rings. The van der Waals surface area contributed by atoms with Crippen molar-refractivity contribution in [2.75, 3.05) is 26.3 Å². The van der Waals surface area contributed by atoms with Crippen LogP contribution in [0.25, 0.3) is 0 Å². The van der Waals surface area contributed by atoms with E-state index in [0.29, 0.717) is 12.6 Å². The van der Waals surface area contributed by atoms with Gasteiger partial charge in [-0.15, -0.1) is 0 Å². The third-order valence-electron chi connectivity index (χ3n) is 2.93. The molecule has 17 heavy (non-hydrogen) atoms. The fourth-order valence-electron chi connectivity index (χ4n) is 1.99. The van der Waals surface area contributed by atoms with Crippen LogP contribution >= 0.6 is 0 Å². The van der Waals surface area contributed by atoms with E-state index < -0.39 is 0 Å². The zero-order valence-electron chi connectivity index (χ0n) is 11.0. The summed E-state index contributed by atoms with van der Waals surface area (Å²) in [5, 5.41) is 0. The van der Waals surface area contributed by atoms with Crippen molar-refractivity contribution in [3.05, 3.63) is 12.2 Å². The first-order chi connectivity index (χ1) is 8.17. The van der Waals surface area contributed by atoms with Gasteiger partial charge in [-0.2, -0.15) is 0 Å². The molecule has 0 N–H and O–H groups in total. The molecule has 1 aliphatic rings. The molecular weight excluding hydrogens is 218 g/mol. The highest BCUT2D eigenvalue weighted by molar-refractivity contribution is 5.81. The molecule has 1 saturated heterocycles. The van der Waals surface area contributed by atoms with E-state index in [1.165, 1.54) is 6.08 Å². The number of ether oxygens (including phenoxy) is 2. The van der Waals surface area contributed by atoms with Crippen LogP contribution < -0.4 is 0 Å². The molecule has 0 aromatic carbocycles. The van der Waals surface area contributed by atoms with Crippen molar-refractivity contribution < 1.29 is 14.3 Å². The quantitative estimate of drug-likeness (QED) is 0.541. The molecule has 4 nitrogen and oxygen atoms in total. The molecular formula is C13H23NO3. The van der Waals surface area contributed by atoms with E-state index in [1.807, 2.05) is 13.0 Å². The first kappa shape index (κ1) is 14.2. The minimum absolute atomic E-state index is 0.262. The van der Waals surface area contributed by atoms with Crippen molar-refractivity contribution >= 4 is 5.97 Å². The van der Waals surface area contributed by atoms with E-state index in [0.717, 1.165) is 26.1 Å². The maximum Gasteiger partial charge on any atom is 0.330 e. The van der Waals surface area contributed by atoms with Gasteiger partial charge in [0.1, 0.15) is 0 Å². The third kappa shape index (κ3) is 4.88. The largest absolute Gasteiger partial charge is 0.463 e. The van der Waals surface area contributed by atoms with Crippen molar-refractivity contribution in [2.24, 2.45) is 0 Å². The number of carbonyl (C=O) groups excluding carboxylic acids is 1. The van der Waals surface area contributed by atoms with Gasteiger partial charge in [0.2, 0.25) is 0 Å². The molecule has 0 bridgehead atoms. The van der Waals surface area contributed by atoms with Crippen LogP contribution in [-0.2, 0) is 14.3 Å². The summed E-state index contributed by atoms with van der Waals surface area (Å²) in [6.07, 6.45) is 4.73. The number of morpholine rings is 1. The molecule has 1 heterocycles. The summed E-state index contributed by atoms with van der Waals surface area (Å²) < 4.78 is 10.5. The first-order valence-electron chi connectivity index (χ1n) is 6.36. The lowest BCUT2D eigenvalue weighted by molar-refractivity contribution is -0.137. The van der Waals surface area contributed by atoms with Crippen LogP contribution in [0.15, 0.2) is 12.2 Å². The number of nitrogens with zero attached hydrogens (tertiary/aromatic N) is 1. The monoisotopic (exact) mass is 241 g/mol. The number of esters is 1. The van der Waals surface area contributed by atoms with Crippen molar-refractivity contribution in [3.8, 4) is 0 Å². The Morgan fingerprint density at radius 1 is 1.53 bits per heavy atom. The lowest BCUT2D eigenvalue weighted by Gasteiger charge is -2.37. The molecule has 2 atom stereocenters. The fourth-order valence-corrected chi connectivity index (χ4v) is 1.99. The van der Waals surface area contributed by atoms with E-state index in [1.54, 1.807) is 0 Å². The number of rotatable bonds is 5. The number of hydrogen-bond acceptors (Lipinski definition) is 4. The zero-order valence-corrected chi connectivity index (χ0v) is 11.0. The molecule has 1 aliphatic heterocycles. The summed E-state index contributed by atoms with van der Waals surface area (Å²) in [7, 11) is 0. The average molecular weight is 241 g/mol. The predicted octanol–water partition coefficient (Wildman–Crippen LogP) is 1.60. The van der Waals surface area contributed by atoms with E-state index in [-0.39, 0.29) is 12.1 Å². The van der Waals surface area contributed by atoms with Gasteiger partial charge in [-0.1, -0.05) is 13.0 Å². The Hall–Kier alpha value is -0.870. The Bertz CT molecular complexity index is 265. The molecule has 0 amide bonds. The standard InChI is InChI=1S/C13H23NO3/c1-4-12-10-17-11(3)9-14(12)8-6-7-13(15)16-5-2/h6-7,11-12H,4-5,8-10H2,1-3H3/b7-6+. The Labute approximate surface area is 104 Å². The highest BCUT2D eigenvalue weighted by Gasteiger charge is 2.24. The van der Waals surface area contributed by atoms with Gasteiger partial charge in [-0.25, -0.2) is 4.79 Å². The van der Waals surface area contributed by atoms with E-state index in [4.69, 9.17) is 9.47 Å². The Morgan fingerprint density at radius 3 is 2.94 bits per heavy atom. The maximum atomic E-state index is 11.1. The lowest BCUT2D eigenvalue weighted by Crippen LogP contribution is -2.48. The fraction of sp³-hybridized carbons (Fsp3) is 0.769. The minimum Gasteiger partial charge on any atom is -0.463 e. The van der Waals surface area contributed by atoms with Crippen LogP contribution in [0, 0.1) is 0 Å². The van der Waals surface area contributed by atoms with Crippen molar-refractivity contribution in [1.29, 1.82) is 0 Å². The topological polar surface area (TPSA) is 38.8 Å². The molecule has 0 aliphatic carbocycles. The molecule has 0 spiro atoms. The van der Waals surface area contributed by atoms with Crippen LogP contribution in [0.3, 0.4) is 0 Å². The zero-order chi connectivity index (χ0) is 12.7. The van der Waals surface area contributed by atoms with Gasteiger partial charge in [-0.3, -0.25) is 4.90 Å². The highest BCUT2D eigenvalue weighted by atomic mass is 16.5. The van der Waals surface area contributed by atoms with Crippen LogP contribution in [0.4, 0.5) is 0 Å². The van der Waals surface area contributed by atoms with Crippen LogP contribution in [-0.4, -0.2) is 49.3 Å². The summed E-state index contributed by atoms with van der Waals surface area (Å²) in [4.78, 5) is 13.5. The highest BCUT2D eigenvalue weighted by Crippen LogP contribution is 2.13. The van der Waals surface area contributed by atoms with Crippen molar-refractivity contribution in [2.45, 2.75) is 39.3 Å². The summed E-state index contributed by atoms with van der Waals surface area (Å²) >= 11 is 0. The van der Waals surface area contributed by atoms with Crippen molar-refractivity contribution in [3.63, 3.8) is 0 Å². The van der Waals surface area contributed by atoms with Gasteiger partial charge in [0.05, 0.1) is 19.3 Å². The van der Waals surface area contributed by atoms with Gasteiger partial charge in [0, 0.05) is 25.2 Å². The van der Waals surface area contributed by atoms with Crippen LogP contribution in [0.2, 0.25) is 0 Å². The second-order valence-electron chi connectivity index (χ2n) is 4.31. The van der Waals surface area contributed by atoms with E-state index in [2.05, 4.69) is 18.7 Å². The second-order valence-corrected chi connectivity index (χ2v) is 4.31. The number of carbonyl (C=O) groups is 1. The SMILES string of the molecule is CCOC(=O)/C=C/CN1CC(C)OCC1CC. The molecule has 0 radical (unpaired) electrons. The molecule has 4 heteroatoms. The minimum atomic E-state index is -0.262. The molecule has 1 rings (SSSR count). The van der Waals surface area contributed by atoms with E-state index in [9.17, 15) is 4.79 Å². The second kappa shape index (κ2) is 7.45. The van der Waals surface area contributed by atoms with E-state index >= 15 is 0 Å². The van der Waals surface area contributed by atoms with Crippen molar-refractivity contribution in [1.82, 2.24) is 4.90 Å². The summed E-state index contributed by atoms with van der Waals surface area (Å²) in [5.41, 5.74) is 0. The lowest BCUT2D eigenvalue weighted by atomic mass is 10.1.